The third-order valence-electron chi connectivity index (χ3n) is 10.2. The normalized spacial score (nSPS) is 13.3. The van der Waals surface area contributed by atoms with Crippen molar-refractivity contribution in [3.8, 4) is 0 Å². The van der Waals surface area contributed by atoms with Gasteiger partial charge in [-0.2, -0.15) is 8.42 Å². The van der Waals surface area contributed by atoms with E-state index in [-0.39, 0.29) is 21.1 Å². The monoisotopic (exact) mass is 756 g/mol. The van der Waals surface area contributed by atoms with Gasteiger partial charge in [-0.3, -0.25) is 0 Å². The molecule has 0 heterocycles. The van der Waals surface area contributed by atoms with Crippen molar-refractivity contribution in [2.75, 3.05) is 0 Å². The van der Waals surface area contributed by atoms with E-state index in [9.17, 15) is 0 Å². The maximum Gasteiger partial charge on any atom is 0.307 e. The molecular formula is C48H68O3S2. The number of aryl methyl sites for hydroxylation is 1. The van der Waals surface area contributed by atoms with Crippen molar-refractivity contribution in [3.63, 3.8) is 0 Å². The van der Waals surface area contributed by atoms with Crippen molar-refractivity contribution in [1.82, 2.24) is 0 Å². The van der Waals surface area contributed by atoms with Gasteiger partial charge >= 0.3 is 10.1 Å². The maximum absolute atomic E-state index is 15.4. The van der Waals surface area contributed by atoms with Crippen LogP contribution in [0.15, 0.2) is 117 Å². The fraction of sp³-hybridized carbons (Fsp3) is 0.500. The van der Waals surface area contributed by atoms with Gasteiger partial charge in [-0.1, -0.05) is 200 Å². The van der Waals surface area contributed by atoms with Crippen LogP contribution in [-0.4, -0.2) is 8.42 Å². The van der Waals surface area contributed by atoms with E-state index in [4.69, 9.17) is 3.63 Å². The Morgan fingerprint density at radius 3 is 1.13 bits per heavy atom. The molecule has 290 valence electrons. The molecule has 0 fully saturated rings. The van der Waals surface area contributed by atoms with E-state index in [1.807, 2.05) is 36.4 Å². The first-order valence-electron chi connectivity index (χ1n) is 20.1. The highest BCUT2D eigenvalue weighted by atomic mass is 32.3. The molecule has 0 bridgehead atoms. The number of hydrogen-bond acceptors (Lipinski definition) is 3. The van der Waals surface area contributed by atoms with E-state index >= 15 is 8.42 Å². The number of rotatable bonds is 17. The fourth-order valence-electron chi connectivity index (χ4n) is 7.40. The summed E-state index contributed by atoms with van der Waals surface area (Å²) in [6.45, 7) is 22.1. The third kappa shape index (κ3) is 10.7. The second kappa shape index (κ2) is 18.2. The van der Waals surface area contributed by atoms with Crippen LogP contribution in [0.5, 0.6) is 0 Å². The first kappa shape index (κ1) is 42.9. The highest BCUT2D eigenvalue weighted by Crippen LogP contribution is 2.74. The van der Waals surface area contributed by atoms with Crippen molar-refractivity contribution in [2.24, 2.45) is 0 Å². The van der Waals surface area contributed by atoms with Crippen molar-refractivity contribution in [3.05, 3.63) is 119 Å². The Kier molecular flexibility index (Phi) is 14.7. The van der Waals surface area contributed by atoms with E-state index in [0.29, 0.717) is 6.42 Å². The molecule has 4 rings (SSSR count). The van der Waals surface area contributed by atoms with Crippen LogP contribution < -0.4 is 0 Å². The zero-order chi connectivity index (χ0) is 38.9. The predicted octanol–water partition coefficient (Wildman–Crippen LogP) is 14.6. The zero-order valence-electron chi connectivity index (χ0n) is 34.6. The van der Waals surface area contributed by atoms with Crippen molar-refractivity contribution >= 4 is 20.4 Å². The summed E-state index contributed by atoms with van der Waals surface area (Å²) in [5.41, 5.74) is 3.20. The SMILES string of the molecule is CCCCCCCCCCCCc1ccccc1S(=O)(=O)OS(c1ccccc1C(C)(C)C)(c1ccccc1C(C)(C)C)c1ccccc1C(C)(C)C. The second-order valence-corrected chi connectivity index (χ2v) is 22.2. The van der Waals surface area contributed by atoms with Gasteiger partial charge in [0.25, 0.3) is 0 Å². The third-order valence-corrected chi connectivity index (χ3v) is 15.6. The molecule has 4 aromatic rings. The van der Waals surface area contributed by atoms with Crippen LogP contribution in [0.3, 0.4) is 0 Å². The Morgan fingerprint density at radius 1 is 0.434 bits per heavy atom. The molecule has 0 radical (unpaired) electrons. The lowest BCUT2D eigenvalue weighted by Crippen LogP contribution is -2.25. The molecule has 4 aromatic carbocycles. The molecule has 0 aliphatic heterocycles. The van der Waals surface area contributed by atoms with Gasteiger partial charge in [0.1, 0.15) is 0 Å². The van der Waals surface area contributed by atoms with Gasteiger partial charge in [-0.05, 0) is 85.9 Å². The van der Waals surface area contributed by atoms with Crippen molar-refractivity contribution < 1.29 is 12.0 Å². The van der Waals surface area contributed by atoms with E-state index < -0.39 is 20.4 Å². The topological polar surface area (TPSA) is 43.4 Å². The minimum atomic E-state index is -4.31. The van der Waals surface area contributed by atoms with Crippen LogP contribution in [0.4, 0.5) is 0 Å². The first-order chi connectivity index (χ1) is 24.9. The van der Waals surface area contributed by atoms with E-state index in [1.54, 1.807) is 6.07 Å². The van der Waals surface area contributed by atoms with Crippen molar-refractivity contribution in [1.29, 1.82) is 0 Å². The summed E-state index contributed by atoms with van der Waals surface area (Å²) in [6, 6.07) is 32.7. The molecule has 3 nitrogen and oxygen atoms in total. The van der Waals surface area contributed by atoms with Crippen LogP contribution in [0.25, 0.3) is 0 Å². The molecule has 0 saturated heterocycles. The molecule has 0 amide bonds. The molecule has 0 aliphatic carbocycles. The lowest BCUT2D eigenvalue weighted by atomic mass is 9.87. The molecule has 0 N–H and O–H groups in total. The molecule has 0 aromatic heterocycles. The van der Waals surface area contributed by atoms with Gasteiger partial charge in [-0.15, -0.1) is 0 Å². The van der Waals surface area contributed by atoms with Crippen LogP contribution in [0, 0.1) is 0 Å². The van der Waals surface area contributed by atoms with Crippen LogP contribution in [0.1, 0.15) is 156 Å². The molecule has 53 heavy (non-hydrogen) atoms. The molecule has 0 saturated carbocycles. The van der Waals surface area contributed by atoms with Crippen molar-refractivity contribution in [2.45, 2.75) is 176 Å². The predicted molar refractivity (Wildman–Crippen MR) is 228 cm³/mol. The summed E-state index contributed by atoms with van der Waals surface area (Å²) in [7, 11) is -7.23. The second-order valence-electron chi connectivity index (χ2n) is 17.9. The first-order valence-corrected chi connectivity index (χ1v) is 23.1. The number of benzene rings is 4. The average molecular weight is 757 g/mol. The number of unbranched alkanes of at least 4 members (excludes halogenated alkanes) is 9. The highest BCUT2D eigenvalue weighted by molar-refractivity contribution is 8.33. The fourth-order valence-corrected chi connectivity index (χ4v) is 14.0. The smallest absolute Gasteiger partial charge is 0.203 e. The maximum atomic E-state index is 15.4. The highest BCUT2D eigenvalue weighted by Gasteiger charge is 2.45. The molecular weight excluding hydrogens is 689 g/mol. The Balaban J connectivity index is 1.92. The molecule has 0 unspecified atom stereocenters. The van der Waals surface area contributed by atoms with E-state index in [0.717, 1.165) is 49.8 Å². The van der Waals surface area contributed by atoms with Crippen LogP contribution in [-0.2, 0) is 36.4 Å². The largest absolute Gasteiger partial charge is 0.307 e. The van der Waals surface area contributed by atoms with Crippen LogP contribution in [0.2, 0.25) is 0 Å². The summed E-state index contributed by atoms with van der Waals surface area (Å²) < 4.78 is 38.0. The zero-order valence-corrected chi connectivity index (χ0v) is 36.2. The van der Waals surface area contributed by atoms with Gasteiger partial charge in [-0.25, -0.2) is 3.63 Å². The van der Waals surface area contributed by atoms with Gasteiger partial charge in [0.05, 0.1) is 4.90 Å². The molecule has 0 spiro atoms. The number of hydrogen-bond donors (Lipinski definition) is 0. The summed E-state index contributed by atoms with van der Waals surface area (Å²) >= 11 is 0. The van der Waals surface area contributed by atoms with Crippen LogP contribution >= 0.6 is 10.3 Å². The minimum Gasteiger partial charge on any atom is -0.203 e. The standard InChI is InChI=1S/C48H68O3S2/c1-11-12-13-14-15-16-17-18-19-20-29-38-30-21-25-34-42(38)53(49,50)51-52(43-35-26-22-31-39(43)46(2,3)4,44-36-27-23-32-40(44)47(5,6)7)45-37-28-24-33-41(45)48(8,9)10/h21-28,30-37H,11-20,29H2,1-10H3. The quantitative estimate of drug-likeness (QED) is 0.101. The summed E-state index contributed by atoms with van der Waals surface area (Å²) in [5, 5.41) is 0. The minimum absolute atomic E-state index is 0.280. The van der Waals surface area contributed by atoms with Gasteiger partial charge in [0.2, 0.25) is 0 Å². The van der Waals surface area contributed by atoms with E-state index in [1.165, 1.54) is 51.4 Å². The lowest BCUT2D eigenvalue weighted by Gasteiger charge is -2.46. The summed E-state index contributed by atoms with van der Waals surface area (Å²) in [4.78, 5) is 3.06. The Bertz CT molecular complexity index is 1730. The Hall–Kier alpha value is -2.86. The molecule has 5 heteroatoms. The van der Waals surface area contributed by atoms with Gasteiger partial charge in [0.15, 0.2) is 0 Å². The Morgan fingerprint density at radius 2 is 0.755 bits per heavy atom. The molecule has 0 aliphatic rings. The lowest BCUT2D eigenvalue weighted by molar-refractivity contribution is 0.499. The summed E-state index contributed by atoms with van der Waals surface area (Å²) in [5.74, 6) is 0. The van der Waals surface area contributed by atoms with E-state index in [2.05, 4.69) is 124 Å². The molecule has 0 atom stereocenters. The summed E-state index contributed by atoms with van der Waals surface area (Å²) in [6.07, 6.45) is 13.1. The van der Waals surface area contributed by atoms with Gasteiger partial charge in [0, 0.05) is 14.7 Å². The van der Waals surface area contributed by atoms with Gasteiger partial charge < -0.3 is 0 Å². The Labute approximate surface area is 326 Å². The average Bonchev–Trinajstić information content (AvgIpc) is 3.10.